The zero-order valence-electron chi connectivity index (χ0n) is 13.3. The van der Waals surface area contributed by atoms with Crippen LogP contribution in [0.5, 0.6) is 0 Å². The van der Waals surface area contributed by atoms with Crippen molar-refractivity contribution in [2.24, 2.45) is 4.99 Å². The number of hydrogen-bond donors (Lipinski definition) is 2. The van der Waals surface area contributed by atoms with E-state index >= 15 is 0 Å². The molecule has 0 aromatic heterocycles. The van der Waals surface area contributed by atoms with Crippen molar-refractivity contribution in [3.8, 4) is 0 Å². The fourth-order valence-electron chi connectivity index (χ4n) is 2.57. The van der Waals surface area contributed by atoms with Crippen LogP contribution < -0.4 is 14.9 Å². The number of benzene rings is 1. The van der Waals surface area contributed by atoms with Crippen molar-refractivity contribution in [2.75, 3.05) is 30.8 Å². The van der Waals surface area contributed by atoms with Crippen molar-refractivity contribution in [1.29, 1.82) is 0 Å². The number of hydrogen-bond acceptors (Lipinski definition) is 3. The molecule has 22 heavy (non-hydrogen) atoms. The Bertz CT molecular complexity index is 641. The number of aliphatic imine (C=N–C) groups is 1. The molecule has 7 heteroatoms. The first kappa shape index (κ1) is 16.8. The van der Waals surface area contributed by atoms with E-state index in [1.807, 2.05) is 26.0 Å². The molecule has 0 spiro atoms. The Morgan fingerprint density at radius 2 is 2.09 bits per heavy atom. The van der Waals surface area contributed by atoms with Gasteiger partial charge >= 0.3 is 0 Å². The van der Waals surface area contributed by atoms with Gasteiger partial charge in [-0.15, -0.1) is 0 Å². The molecule has 2 rings (SSSR count). The number of nitrogens with zero attached hydrogens (tertiary/aromatic N) is 2. The van der Waals surface area contributed by atoms with Gasteiger partial charge in [0.15, 0.2) is 5.96 Å². The smallest absolute Gasteiger partial charge is 0.213 e. The Morgan fingerprint density at radius 1 is 1.36 bits per heavy atom. The predicted octanol–water partition coefficient (Wildman–Crippen LogP) is 0.952. The van der Waals surface area contributed by atoms with Crippen LogP contribution in [0.4, 0.5) is 5.69 Å². The summed E-state index contributed by atoms with van der Waals surface area (Å²) in [6, 6.07) is 8.12. The van der Waals surface area contributed by atoms with Gasteiger partial charge in [-0.05, 0) is 31.9 Å². The van der Waals surface area contributed by atoms with Crippen molar-refractivity contribution in [3.63, 3.8) is 0 Å². The number of rotatable bonds is 5. The van der Waals surface area contributed by atoms with Crippen LogP contribution in [0.25, 0.3) is 0 Å². The molecule has 2 N–H and O–H groups in total. The first-order chi connectivity index (χ1) is 10.4. The number of para-hydroxylation sites is 1. The van der Waals surface area contributed by atoms with Gasteiger partial charge in [-0.1, -0.05) is 18.2 Å². The average Bonchev–Trinajstić information content (AvgIpc) is 2.86. The van der Waals surface area contributed by atoms with Gasteiger partial charge in [0.2, 0.25) is 10.0 Å². The number of nitrogens with one attached hydrogen (secondary N) is 2. The summed E-state index contributed by atoms with van der Waals surface area (Å²) in [6.45, 7) is 4.81. The molecule has 1 aromatic carbocycles. The van der Waals surface area contributed by atoms with Crippen molar-refractivity contribution >= 4 is 21.7 Å². The first-order valence-electron chi connectivity index (χ1n) is 7.49. The van der Waals surface area contributed by atoms with Gasteiger partial charge in [-0.2, -0.15) is 0 Å². The van der Waals surface area contributed by atoms with E-state index in [1.165, 1.54) is 5.56 Å². The minimum absolute atomic E-state index is 0.0275. The van der Waals surface area contributed by atoms with E-state index in [4.69, 9.17) is 0 Å². The highest BCUT2D eigenvalue weighted by Crippen LogP contribution is 2.27. The fraction of sp³-hybridized carbons (Fsp3) is 0.533. The summed E-state index contributed by atoms with van der Waals surface area (Å²) in [5.41, 5.74) is 2.43. The second-order valence-electron chi connectivity index (χ2n) is 5.60. The molecule has 0 bridgehead atoms. The molecule has 0 saturated heterocycles. The van der Waals surface area contributed by atoms with Crippen LogP contribution >= 0.6 is 0 Å². The SMILES string of the molecule is CN=C(NCCS(=O)(=O)NC(C)C)N1CCc2ccccc21. The van der Waals surface area contributed by atoms with E-state index in [0.717, 1.165) is 18.7 Å². The lowest BCUT2D eigenvalue weighted by molar-refractivity contribution is 0.568. The van der Waals surface area contributed by atoms with Crippen LogP contribution in [0.3, 0.4) is 0 Å². The second-order valence-corrected chi connectivity index (χ2v) is 7.47. The number of fused-ring (bicyclic) bond motifs is 1. The predicted molar refractivity (Wildman–Crippen MR) is 90.9 cm³/mol. The lowest BCUT2D eigenvalue weighted by Crippen LogP contribution is -2.44. The molecule has 0 unspecified atom stereocenters. The van der Waals surface area contributed by atoms with Gasteiger partial charge in [-0.3, -0.25) is 4.99 Å². The average molecular weight is 324 g/mol. The minimum Gasteiger partial charge on any atom is -0.355 e. The van der Waals surface area contributed by atoms with Gasteiger partial charge in [-0.25, -0.2) is 13.1 Å². The Kier molecular flexibility index (Phi) is 5.42. The maximum atomic E-state index is 11.8. The summed E-state index contributed by atoms with van der Waals surface area (Å²) in [7, 11) is -1.54. The van der Waals surface area contributed by atoms with E-state index in [1.54, 1.807) is 7.05 Å². The van der Waals surface area contributed by atoms with E-state index < -0.39 is 10.0 Å². The van der Waals surface area contributed by atoms with Crippen LogP contribution in [-0.4, -0.2) is 46.3 Å². The van der Waals surface area contributed by atoms with E-state index in [2.05, 4.69) is 32.1 Å². The molecule has 1 heterocycles. The third-order valence-corrected chi connectivity index (χ3v) is 5.00. The van der Waals surface area contributed by atoms with Crippen molar-refractivity contribution in [3.05, 3.63) is 29.8 Å². The van der Waals surface area contributed by atoms with Gasteiger partial charge in [0.25, 0.3) is 0 Å². The molecule has 1 aliphatic rings. The quantitative estimate of drug-likeness (QED) is 0.625. The van der Waals surface area contributed by atoms with Gasteiger partial charge in [0.05, 0.1) is 5.75 Å². The van der Waals surface area contributed by atoms with Gasteiger partial charge in [0.1, 0.15) is 0 Å². The maximum Gasteiger partial charge on any atom is 0.213 e. The highest BCUT2D eigenvalue weighted by atomic mass is 32.2. The highest BCUT2D eigenvalue weighted by Gasteiger charge is 2.22. The molecule has 0 aliphatic carbocycles. The standard InChI is InChI=1S/C15H24N4O2S/c1-12(2)18-22(20,21)11-9-17-15(16-3)19-10-8-13-6-4-5-7-14(13)19/h4-7,12,18H,8-11H2,1-3H3,(H,16,17). The summed E-state index contributed by atoms with van der Waals surface area (Å²) in [6.07, 6.45) is 0.976. The Labute approximate surface area is 132 Å². The third-order valence-electron chi connectivity index (χ3n) is 3.42. The van der Waals surface area contributed by atoms with Gasteiger partial charge in [0, 0.05) is 31.9 Å². The molecule has 0 saturated carbocycles. The molecule has 0 amide bonds. The fourth-order valence-corrected chi connectivity index (χ4v) is 3.78. The summed E-state index contributed by atoms with van der Waals surface area (Å²) < 4.78 is 26.2. The normalized spacial score (nSPS) is 15.3. The molecule has 1 aromatic rings. The minimum atomic E-state index is -3.25. The number of guanidine groups is 1. The molecule has 0 radical (unpaired) electrons. The van der Waals surface area contributed by atoms with E-state index in [0.29, 0.717) is 12.5 Å². The van der Waals surface area contributed by atoms with Crippen molar-refractivity contribution < 1.29 is 8.42 Å². The summed E-state index contributed by atoms with van der Waals surface area (Å²) in [5.74, 6) is 0.740. The molecule has 122 valence electrons. The molecular formula is C15H24N4O2S. The lowest BCUT2D eigenvalue weighted by Gasteiger charge is -2.22. The van der Waals surface area contributed by atoms with E-state index in [-0.39, 0.29) is 11.8 Å². The zero-order chi connectivity index (χ0) is 16.2. The Hall–Kier alpha value is -1.60. The Morgan fingerprint density at radius 3 is 2.77 bits per heavy atom. The lowest BCUT2D eigenvalue weighted by atomic mass is 10.2. The van der Waals surface area contributed by atoms with Crippen molar-refractivity contribution in [2.45, 2.75) is 26.3 Å². The monoisotopic (exact) mass is 324 g/mol. The zero-order valence-corrected chi connectivity index (χ0v) is 14.2. The number of anilines is 1. The molecule has 6 nitrogen and oxygen atoms in total. The van der Waals surface area contributed by atoms with Gasteiger partial charge < -0.3 is 10.2 Å². The number of sulfonamides is 1. The maximum absolute atomic E-state index is 11.8. The molecular weight excluding hydrogens is 300 g/mol. The highest BCUT2D eigenvalue weighted by molar-refractivity contribution is 7.89. The first-order valence-corrected chi connectivity index (χ1v) is 9.14. The second kappa shape index (κ2) is 7.11. The summed E-state index contributed by atoms with van der Waals surface area (Å²) in [5, 5.41) is 3.14. The van der Waals surface area contributed by atoms with E-state index in [9.17, 15) is 8.42 Å². The topological polar surface area (TPSA) is 73.8 Å². The third kappa shape index (κ3) is 4.20. The van der Waals surface area contributed by atoms with Crippen LogP contribution in [0.2, 0.25) is 0 Å². The van der Waals surface area contributed by atoms with Crippen LogP contribution in [0, 0.1) is 0 Å². The molecule has 1 aliphatic heterocycles. The van der Waals surface area contributed by atoms with Crippen LogP contribution in [-0.2, 0) is 16.4 Å². The van der Waals surface area contributed by atoms with Crippen LogP contribution in [0.15, 0.2) is 29.3 Å². The Balaban J connectivity index is 1.95. The molecule has 0 fully saturated rings. The largest absolute Gasteiger partial charge is 0.355 e. The summed E-state index contributed by atoms with van der Waals surface area (Å²) >= 11 is 0. The molecule has 0 atom stereocenters. The summed E-state index contributed by atoms with van der Waals surface area (Å²) in [4.78, 5) is 6.36. The van der Waals surface area contributed by atoms with Crippen LogP contribution in [0.1, 0.15) is 19.4 Å². The van der Waals surface area contributed by atoms with Crippen molar-refractivity contribution in [1.82, 2.24) is 10.0 Å².